The highest BCUT2D eigenvalue weighted by Crippen LogP contribution is 2.21. The highest BCUT2D eigenvalue weighted by atomic mass is 16.5. The lowest BCUT2D eigenvalue weighted by molar-refractivity contribution is 0.507. The standard InChI is InChI=1S/C16H18.C9H12.3C7H5NO.CH4/c1-3-13-5-9-15(10-6-13)16-11-7-14(4-2)8-12-16;1-8(2)9-6-4-3-5-7-9;3*8-6-9-7-4-2-1-3-5-7;/h5-12H,3-4H2,1-2H3;3-8H,1-2H3;3*1-5H;1H4. The van der Waals surface area contributed by atoms with Gasteiger partial charge in [-0.05, 0) is 83.0 Å². The molecule has 0 heterocycles. The summed E-state index contributed by atoms with van der Waals surface area (Å²) in [5, 5.41) is 24.1. The van der Waals surface area contributed by atoms with Crippen molar-refractivity contribution in [2.24, 2.45) is 0 Å². The number of nitrogens with zero attached hydrogens (tertiary/aromatic N) is 3. The summed E-state index contributed by atoms with van der Waals surface area (Å²) < 4.78 is 13.5. The lowest BCUT2D eigenvalue weighted by atomic mass is 10.0. The van der Waals surface area contributed by atoms with Gasteiger partial charge in [-0.2, -0.15) is 0 Å². The van der Waals surface area contributed by atoms with Crippen molar-refractivity contribution in [3.63, 3.8) is 0 Å². The summed E-state index contributed by atoms with van der Waals surface area (Å²) in [6.07, 6.45) is 6.96. The Morgan fingerprint density at radius 1 is 0.415 bits per heavy atom. The largest absolute Gasteiger partial charge is 0.388 e. The van der Waals surface area contributed by atoms with Crippen LogP contribution in [0.25, 0.3) is 11.1 Å². The van der Waals surface area contributed by atoms with Crippen LogP contribution in [0, 0.1) is 34.6 Å². The summed E-state index contributed by atoms with van der Waals surface area (Å²) in [5.74, 6) is 2.41. The quantitative estimate of drug-likeness (QED) is 0.153. The van der Waals surface area contributed by atoms with E-state index in [0.717, 1.165) is 12.8 Å². The second kappa shape index (κ2) is 27.9. The first kappa shape index (κ1) is 44.2. The first-order valence-corrected chi connectivity index (χ1v) is 17.0. The zero-order chi connectivity index (χ0) is 37.7. The monoisotopic (exact) mass is 703 g/mol. The van der Waals surface area contributed by atoms with Crippen molar-refractivity contribution in [2.75, 3.05) is 0 Å². The van der Waals surface area contributed by atoms with E-state index in [1.807, 2.05) is 60.7 Å². The Kier molecular flexibility index (Phi) is 23.3. The van der Waals surface area contributed by atoms with Crippen molar-refractivity contribution in [2.45, 2.75) is 53.9 Å². The van der Waals surface area contributed by atoms with Gasteiger partial charge in [0, 0.05) is 0 Å². The molecule has 6 nitrogen and oxygen atoms in total. The zero-order valence-electron chi connectivity index (χ0n) is 30.2. The van der Waals surface area contributed by atoms with Gasteiger partial charge in [-0.3, -0.25) is 0 Å². The Hall–Kier alpha value is -6.81. The highest BCUT2D eigenvalue weighted by Gasteiger charge is 1.98. The third-order valence-electron chi connectivity index (χ3n) is 7.24. The van der Waals surface area contributed by atoms with Gasteiger partial charge in [0.05, 0.1) is 0 Å². The summed E-state index contributed by atoms with van der Waals surface area (Å²) in [5.41, 5.74) is 6.82. The molecule has 6 heteroatoms. The predicted molar refractivity (Wildman–Crippen MR) is 216 cm³/mol. The van der Waals surface area contributed by atoms with E-state index in [4.69, 9.17) is 15.8 Å². The third-order valence-corrected chi connectivity index (χ3v) is 7.24. The minimum Gasteiger partial charge on any atom is -0.388 e. The Bertz CT molecular complexity index is 1730. The Morgan fingerprint density at radius 2 is 0.679 bits per heavy atom. The first-order valence-electron chi connectivity index (χ1n) is 17.0. The minimum absolute atomic E-state index is 0. The number of para-hydroxylation sites is 3. The van der Waals surface area contributed by atoms with Crippen molar-refractivity contribution in [3.8, 4) is 47.1 Å². The van der Waals surface area contributed by atoms with E-state index in [2.05, 4.69) is 115 Å². The molecule has 0 bridgehead atoms. The lowest BCUT2D eigenvalue weighted by Crippen LogP contribution is -1.83. The summed E-state index contributed by atoms with van der Waals surface area (Å²) in [4.78, 5) is 0. The average molecular weight is 704 g/mol. The van der Waals surface area contributed by atoms with Crippen LogP contribution in [0.4, 0.5) is 0 Å². The maximum absolute atomic E-state index is 8.05. The number of benzene rings is 6. The zero-order valence-corrected chi connectivity index (χ0v) is 30.2. The van der Waals surface area contributed by atoms with Crippen LogP contribution in [-0.4, -0.2) is 0 Å². The van der Waals surface area contributed by atoms with Crippen molar-refractivity contribution < 1.29 is 14.2 Å². The molecule has 0 aliphatic rings. The van der Waals surface area contributed by atoms with Crippen molar-refractivity contribution in [1.82, 2.24) is 0 Å². The van der Waals surface area contributed by atoms with Gasteiger partial charge in [-0.15, -0.1) is 15.8 Å². The molecule has 6 aromatic carbocycles. The van der Waals surface area contributed by atoms with E-state index >= 15 is 0 Å². The Labute approximate surface area is 316 Å². The molecule has 6 rings (SSSR count). The van der Waals surface area contributed by atoms with Crippen LogP contribution in [0.5, 0.6) is 17.2 Å². The van der Waals surface area contributed by atoms with Crippen LogP contribution < -0.4 is 14.2 Å². The smallest absolute Gasteiger partial charge is 0.292 e. The van der Waals surface area contributed by atoms with E-state index in [-0.39, 0.29) is 7.43 Å². The minimum atomic E-state index is 0. The third kappa shape index (κ3) is 19.2. The van der Waals surface area contributed by atoms with Gasteiger partial charge in [0.15, 0.2) is 0 Å². The van der Waals surface area contributed by atoms with Gasteiger partial charge in [-0.25, -0.2) is 0 Å². The molecule has 6 aromatic rings. The van der Waals surface area contributed by atoms with Crippen LogP contribution in [0.15, 0.2) is 170 Å². The number of hydrogen-bond donors (Lipinski definition) is 0. The van der Waals surface area contributed by atoms with Crippen LogP contribution in [0.3, 0.4) is 0 Å². The topological polar surface area (TPSA) is 99.1 Å². The van der Waals surface area contributed by atoms with Crippen LogP contribution in [0.1, 0.15) is 57.7 Å². The Morgan fingerprint density at radius 3 is 0.887 bits per heavy atom. The molecule has 0 N–H and O–H groups in total. The molecule has 0 amide bonds. The molecule has 0 unspecified atom stereocenters. The highest BCUT2D eigenvalue weighted by molar-refractivity contribution is 5.64. The van der Waals surface area contributed by atoms with Gasteiger partial charge in [0.2, 0.25) is 0 Å². The van der Waals surface area contributed by atoms with Crippen molar-refractivity contribution in [3.05, 3.63) is 187 Å². The van der Waals surface area contributed by atoms with Gasteiger partial charge in [0.25, 0.3) is 18.8 Å². The summed E-state index contributed by atoms with van der Waals surface area (Å²) in [6, 6.07) is 55.0. The van der Waals surface area contributed by atoms with Crippen molar-refractivity contribution in [1.29, 1.82) is 15.8 Å². The number of hydrogen-bond acceptors (Lipinski definition) is 6. The molecule has 0 fully saturated rings. The van der Waals surface area contributed by atoms with E-state index in [1.54, 1.807) is 55.2 Å². The molecular weight excluding hydrogens is 655 g/mol. The molecule has 0 saturated carbocycles. The molecule has 0 aromatic heterocycles. The SMILES string of the molecule is C.CC(C)c1ccccc1.CCc1ccc(-c2ccc(CC)cc2)cc1.N#COc1ccccc1.N#COc1ccccc1.N#COc1ccccc1. The van der Waals surface area contributed by atoms with E-state index in [0.29, 0.717) is 23.2 Å². The number of ether oxygens (including phenoxy) is 3. The molecule has 53 heavy (non-hydrogen) atoms. The fourth-order valence-electron chi connectivity index (χ4n) is 4.33. The number of nitriles is 3. The second-order valence-corrected chi connectivity index (χ2v) is 11.2. The molecule has 0 spiro atoms. The molecule has 0 radical (unpaired) electrons. The number of rotatable bonds is 7. The predicted octanol–water partition coefficient (Wildman–Crippen LogP) is 12.6. The lowest BCUT2D eigenvalue weighted by Gasteiger charge is -2.04. The summed E-state index contributed by atoms with van der Waals surface area (Å²) in [6.45, 7) is 8.78. The van der Waals surface area contributed by atoms with E-state index in [9.17, 15) is 0 Å². The maximum Gasteiger partial charge on any atom is 0.292 e. The fraction of sp³-hybridized carbons (Fsp3) is 0.170. The molecule has 0 aliphatic heterocycles. The summed E-state index contributed by atoms with van der Waals surface area (Å²) >= 11 is 0. The van der Waals surface area contributed by atoms with Crippen LogP contribution in [-0.2, 0) is 12.8 Å². The molecule has 0 atom stereocenters. The second-order valence-electron chi connectivity index (χ2n) is 11.2. The molecular formula is C47H49N3O3. The van der Waals surface area contributed by atoms with E-state index in [1.165, 1.54) is 27.8 Å². The van der Waals surface area contributed by atoms with Gasteiger partial charge in [-0.1, -0.05) is 169 Å². The molecule has 0 aliphatic carbocycles. The van der Waals surface area contributed by atoms with Gasteiger partial charge < -0.3 is 14.2 Å². The first-order chi connectivity index (χ1) is 25.4. The Balaban J connectivity index is 0.000000339. The fourth-order valence-corrected chi connectivity index (χ4v) is 4.33. The average Bonchev–Trinajstić information content (AvgIpc) is 3.21. The maximum atomic E-state index is 8.05. The van der Waals surface area contributed by atoms with Crippen molar-refractivity contribution >= 4 is 0 Å². The van der Waals surface area contributed by atoms with Crippen LogP contribution >= 0.6 is 0 Å². The normalized spacial score (nSPS) is 8.87. The van der Waals surface area contributed by atoms with Crippen LogP contribution in [0.2, 0.25) is 0 Å². The number of aryl methyl sites for hydroxylation is 2. The van der Waals surface area contributed by atoms with Gasteiger partial charge in [0.1, 0.15) is 17.2 Å². The van der Waals surface area contributed by atoms with E-state index < -0.39 is 0 Å². The molecule has 0 saturated heterocycles. The molecule has 270 valence electrons. The summed E-state index contributed by atoms with van der Waals surface area (Å²) in [7, 11) is 0. The van der Waals surface area contributed by atoms with Gasteiger partial charge >= 0.3 is 0 Å².